The first-order chi connectivity index (χ1) is 5.66. The summed E-state index contributed by atoms with van der Waals surface area (Å²) in [6, 6.07) is 0. The van der Waals surface area contributed by atoms with E-state index in [1.54, 1.807) is 7.11 Å². The van der Waals surface area contributed by atoms with Crippen LogP contribution in [0.2, 0.25) is 0 Å². The van der Waals surface area contributed by atoms with Gasteiger partial charge in [-0.2, -0.15) is 0 Å². The van der Waals surface area contributed by atoms with Gasteiger partial charge in [-0.15, -0.1) is 0 Å². The summed E-state index contributed by atoms with van der Waals surface area (Å²) in [7, 11) is 5.43. The zero-order chi connectivity index (χ0) is 9.40. The van der Waals surface area contributed by atoms with Crippen LogP contribution in [0.3, 0.4) is 0 Å². The van der Waals surface area contributed by atoms with Crippen LogP contribution < -0.4 is 0 Å². The Hall–Kier alpha value is -0.610. The molecule has 12 heavy (non-hydrogen) atoms. The Kier molecular flexibility index (Phi) is 6.70. The van der Waals surface area contributed by atoms with Crippen molar-refractivity contribution in [3.8, 4) is 0 Å². The Labute approximate surface area is 73.4 Å². The minimum absolute atomic E-state index is 0.196. The molecular formula is C8H17NO3. The number of carbonyl (C=O) groups excluding carboxylic acids is 1. The third-order valence-electron chi connectivity index (χ3n) is 1.31. The molecule has 0 N–H and O–H groups in total. The molecule has 0 amide bonds. The highest BCUT2D eigenvalue weighted by molar-refractivity contribution is 5.69. The maximum Gasteiger partial charge on any atom is 0.308 e. The van der Waals surface area contributed by atoms with E-state index in [0.717, 1.165) is 6.54 Å². The first-order valence-electron chi connectivity index (χ1n) is 3.96. The number of methoxy groups -OCH3 is 1. The number of ether oxygens (including phenoxy) is 2. The third kappa shape index (κ3) is 7.50. The second-order valence-corrected chi connectivity index (χ2v) is 2.77. The SMILES string of the molecule is COCCC(=O)OCCN(C)C. The van der Waals surface area contributed by atoms with Crippen molar-refractivity contribution in [3.05, 3.63) is 0 Å². The average Bonchev–Trinajstić information content (AvgIpc) is 2.00. The van der Waals surface area contributed by atoms with Crippen LogP contribution in [-0.4, -0.2) is 51.8 Å². The van der Waals surface area contributed by atoms with E-state index >= 15 is 0 Å². The lowest BCUT2D eigenvalue weighted by molar-refractivity contribution is -0.144. The largest absolute Gasteiger partial charge is 0.464 e. The third-order valence-corrected chi connectivity index (χ3v) is 1.31. The van der Waals surface area contributed by atoms with E-state index in [9.17, 15) is 4.79 Å². The molecule has 0 radical (unpaired) electrons. The summed E-state index contributed by atoms with van der Waals surface area (Å²) >= 11 is 0. The molecule has 0 saturated carbocycles. The standard InChI is InChI=1S/C8H17NO3/c1-9(2)5-7-12-8(10)4-6-11-3/h4-7H2,1-3H3. The van der Waals surface area contributed by atoms with Crippen LogP contribution in [-0.2, 0) is 14.3 Å². The lowest BCUT2D eigenvalue weighted by Gasteiger charge is -2.09. The summed E-state index contributed by atoms with van der Waals surface area (Å²) in [5.41, 5.74) is 0. The number of rotatable bonds is 6. The summed E-state index contributed by atoms with van der Waals surface area (Å²) in [6.45, 7) is 1.65. The van der Waals surface area contributed by atoms with Gasteiger partial charge < -0.3 is 14.4 Å². The number of hydrogen-bond donors (Lipinski definition) is 0. The molecular weight excluding hydrogens is 158 g/mol. The number of carbonyl (C=O) groups is 1. The molecule has 0 saturated heterocycles. The highest BCUT2D eigenvalue weighted by Crippen LogP contribution is 1.87. The fourth-order valence-corrected chi connectivity index (χ4v) is 0.600. The van der Waals surface area contributed by atoms with E-state index in [0.29, 0.717) is 19.6 Å². The highest BCUT2D eigenvalue weighted by Gasteiger charge is 2.01. The van der Waals surface area contributed by atoms with Crippen LogP contribution in [0.15, 0.2) is 0 Å². The van der Waals surface area contributed by atoms with Crippen molar-refractivity contribution in [1.29, 1.82) is 0 Å². The van der Waals surface area contributed by atoms with Crippen LogP contribution in [0.4, 0.5) is 0 Å². The summed E-state index contributed by atoms with van der Waals surface area (Å²) in [5.74, 6) is -0.196. The second-order valence-electron chi connectivity index (χ2n) is 2.77. The van der Waals surface area contributed by atoms with Crippen molar-refractivity contribution in [3.63, 3.8) is 0 Å². The van der Waals surface area contributed by atoms with Crippen molar-refractivity contribution >= 4 is 5.97 Å². The Morgan fingerprint density at radius 1 is 1.33 bits per heavy atom. The molecule has 0 bridgehead atoms. The number of likely N-dealkylation sites (N-methyl/N-ethyl adjacent to an activating group) is 1. The molecule has 0 spiro atoms. The van der Waals surface area contributed by atoms with E-state index in [-0.39, 0.29) is 5.97 Å². The molecule has 0 aromatic heterocycles. The lowest BCUT2D eigenvalue weighted by atomic mass is 10.5. The quantitative estimate of drug-likeness (QED) is 0.538. The minimum Gasteiger partial charge on any atom is -0.464 e. The Morgan fingerprint density at radius 2 is 2.00 bits per heavy atom. The molecule has 0 aliphatic carbocycles. The molecule has 0 aliphatic rings. The molecule has 0 aliphatic heterocycles. The Balaban J connectivity index is 3.20. The van der Waals surface area contributed by atoms with Crippen molar-refractivity contribution in [2.75, 3.05) is 41.0 Å². The van der Waals surface area contributed by atoms with Gasteiger partial charge >= 0.3 is 5.97 Å². The molecule has 72 valence electrons. The van der Waals surface area contributed by atoms with Crippen LogP contribution >= 0.6 is 0 Å². The highest BCUT2D eigenvalue weighted by atomic mass is 16.5. The van der Waals surface area contributed by atoms with Gasteiger partial charge in [-0.3, -0.25) is 4.79 Å². The number of nitrogens with zero attached hydrogens (tertiary/aromatic N) is 1. The molecule has 4 heteroatoms. The fraction of sp³-hybridized carbons (Fsp3) is 0.875. The first kappa shape index (κ1) is 11.4. The maximum atomic E-state index is 10.9. The lowest BCUT2D eigenvalue weighted by Crippen LogP contribution is -2.20. The molecule has 0 fully saturated rings. The van der Waals surface area contributed by atoms with Crippen LogP contribution in [0.5, 0.6) is 0 Å². The Morgan fingerprint density at radius 3 is 2.50 bits per heavy atom. The van der Waals surface area contributed by atoms with Crippen molar-refractivity contribution in [2.24, 2.45) is 0 Å². The first-order valence-corrected chi connectivity index (χ1v) is 3.96. The van der Waals surface area contributed by atoms with Gasteiger partial charge in [0, 0.05) is 13.7 Å². The molecule has 0 heterocycles. The summed E-state index contributed by atoms with van der Waals surface area (Å²) in [6.07, 6.45) is 0.337. The van der Waals surface area contributed by atoms with E-state index in [1.807, 2.05) is 19.0 Å². The van der Waals surface area contributed by atoms with Crippen molar-refractivity contribution in [2.45, 2.75) is 6.42 Å². The smallest absolute Gasteiger partial charge is 0.308 e. The van der Waals surface area contributed by atoms with E-state index in [1.165, 1.54) is 0 Å². The predicted octanol–water partition coefficient (Wildman–Crippen LogP) is 0.128. The van der Waals surface area contributed by atoms with E-state index in [4.69, 9.17) is 9.47 Å². The van der Waals surface area contributed by atoms with Crippen molar-refractivity contribution in [1.82, 2.24) is 4.90 Å². The molecule has 0 atom stereocenters. The molecule has 0 aromatic carbocycles. The fourth-order valence-electron chi connectivity index (χ4n) is 0.600. The van der Waals surface area contributed by atoms with Gasteiger partial charge in [0.2, 0.25) is 0 Å². The zero-order valence-corrected chi connectivity index (χ0v) is 8.00. The van der Waals surface area contributed by atoms with Gasteiger partial charge in [-0.05, 0) is 14.1 Å². The number of esters is 1. The maximum absolute atomic E-state index is 10.9. The topological polar surface area (TPSA) is 38.8 Å². The zero-order valence-electron chi connectivity index (χ0n) is 8.00. The predicted molar refractivity (Wildman–Crippen MR) is 46.0 cm³/mol. The van der Waals surface area contributed by atoms with Crippen LogP contribution in [0.25, 0.3) is 0 Å². The Bertz CT molecular complexity index is 125. The minimum atomic E-state index is -0.196. The van der Waals surface area contributed by atoms with E-state index < -0.39 is 0 Å². The normalized spacial score (nSPS) is 10.3. The monoisotopic (exact) mass is 175 g/mol. The van der Waals surface area contributed by atoms with E-state index in [2.05, 4.69) is 0 Å². The van der Waals surface area contributed by atoms with Gasteiger partial charge in [0.15, 0.2) is 0 Å². The average molecular weight is 175 g/mol. The molecule has 4 nitrogen and oxygen atoms in total. The van der Waals surface area contributed by atoms with Gasteiger partial charge in [0.05, 0.1) is 13.0 Å². The van der Waals surface area contributed by atoms with Crippen LogP contribution in [0.1, 0.15) is 6.42 Å². The van der Waals surface area contributed by atoms with Gasteiger partial charge in [0.1, 0.15) is 6.61 Å². The summed E-state index contributed by atoms with van der Waals surface area (Å²) in [4.78, 5) is 12.8. The molecule has 0 aromatic rings. The van der Waals surface area contributed by atoms with Gasteiger partial charge in [-0.1, -0.05) is 0 Å². The summed E-state index contributed by atoms with van der Waals surface area (Å²) in [5, 5.41) is 0. The van der Waals surface area contributed by atoms with Crippen LogP contribution in [0, 0.1) is 0 Å². The van der Waals surface area contributed by atoms with Crippen molar-refractivity contribution < 1.29 is 14.3 Å². The number of hydrogen-bond acceptors (Lipinski definition) is 4. The summed E-state index contributed by atoms with van der Waals surface area (Å²) < 4.78 is 9.62. The molecule has 0 rings (SSSR count). The second kappa shape index (κ2) is 7.06. The molecule has 0 unspecified atom stereocenters. The van der Waals surface area contributed by atoms with Gasteiger partial charge in [-0.25, -0.2) is 0 Å². The van der Waals surface area contributed by atoms with Gasteiger partial charge in [0.25, 0.3) is 0 Å².